The van der Waals surface area contributed by atoms with Gasteiger partial charge in [-0.1, -0.05) is 23.8 Å². The van der Waals surface area contributed by atoms with E-state index in [1.807, 2.05) is 6.92 Å². The topological polar surface area (TPSA) is 63.7 Å². The number of sulfonamides is 1. The number of carbonyl (C=O) groups is 1. The second-order valence-corrected chi connectivity index (χ2v) is 6.49. The summed E-state index contributed by atoms with van der Waals surface area (Å²) in [7, 11) is -3.94. The Bertz CT molecular complexity index is 621. The summed E-state index contributed by atoms with van der Waals surface area (Å²) in [6, 6.07) is 6.30. The SMILES string of the molecule is C=CC1(C)COC(=O)N1S(=O)(=O)c1ccc(C)cc1. The Kier molecular flexibility index (Phi) is 3.14. The third kappa shape index (κ3) is 2.12. The van der Waals surface area contributed by atoms with Crippen LogP contribution >= 0.6 is 0 Å². The van der Waals surface area contributed by atoms with Crippen LogP contribution in [0.1, 0.15) is 12.5 Å². The number of rotatable bonds is 3. The summed E-state index contributed by atoms with van der Waals surface area (Å²) in [5.41, 5.74) is -0.115. The van der Waals surface area contributed by atoms with Gasteiger partial charge in [-0.05, 0) is 26.0 Å². The van der Waals surface area contributed by atoms with E-state index in [1.54, 1.807) is 19.1 Å². The molecule has 1 aromatic carbocycles. The first-order valence-corrected chi connectivity index (χ1v) is 7.18. The van der Waals surface area contributed by atoms with Crippen LogP contribution in [0.25, 0.3) is 0 Å². The third-order valence-corrected chi connectivity index (χ3v) is 5.03. The lowest BCUT2D eigenvalue weighted by Gasteiger charge is -2.27. The zero-order chi connectivity index (χ0) is 14.3. The number of cyclic esters (lactones) is 1. The van der Waals surface area contributed by atoms with Crippen LogP contribution < -0.4 is 0 Å². The highest BCUT2D eigenvalue weighted by atomic mass is 32.2. The van der Waals surface area contributed by atoms with Gasteiger partial charge in [-0.3, -0.25) is 0 Å². The normalized spacial score (nSPS) is 23.3. The fourth-order valence-electron chi connectivity index (χ4n) is 1.86. The zero-order valence-corrected chi connectivity index (χ0v) is 11.6. The van der Waals surface area contributed by atoms with Gasteiger partial charge in [0.05, 0.1) is 4.90 Å². The summed E-state index contributed by atoms with van der Waals surface area (Å²) in [5.74, 6) is 0. The van der Waals surface area contributed by atoms with Gasteiger partial charge in [0, 0.05) is 0 Å². The van der Waals surface area contributed by atoms with Crippen molar-refractivity contribution in [3.63, 3.8) is 0 Å². The molecule has 0 radical (unpaired) electrons. The van der Waals surface area contributed by atoms with Gasteiger partial charge in [-0.2, -0.15) is 4.31 Å². The van der Waals surface area contributed by atoms with Gasteiger partial charge in [-0.25, -0.2) is 13.2 Å². The van der Waals surface area contributed by atoms with E-state index in [2.05, 4.69) is 6.58 Å². The lowest BCUT2D eigenvalue weighted by atomic mass is 10.1. The van der Waals surface area contributed by atoms with Gasteiger partial charge in [-0.15, -0.1) is 6.58 Å². The molecule has 0 bridgehead atoms. The van der Waals surface area contributed by atoms with Crippen molar-refractivity contribution in [2.75, 3.05) is 6.61 Å². The molecule has 19 heavy (non-hydrogen) atoms. The Morgan fingerprint density at radius 1 is 1.37 bits per heavy atom. The van der Waals surface area contributed by atoms with Crippen molar-refractivity contribution in [2.24, 2.45) is 0 Å². The average molecular weight is 281 g/mol. The molecular formula is C13H15NO4S. The molecule has 0 N–H and O–H groups in total. The first kappa shape index (κ1) is 13.6. The number of amides is 1. The van der Waals surface area contributed by atoms with Crippen LogP contribution in [-0.4, -0.2) is 31.0 Å². The zero-order valence-electron chi connectivity index (χ0n) is 10.8. The van der Waals surface area contributed by atoms with Crippen molar-refractivity contribution in [3.8, 4) is 0 Å². The molecule has 1 saturated heterocycles. The van der Waals surface area contributed by atoms with Crippen LogP contribution in [-0.2, 0) is 14.8 Å². The van der Waals surface area contributed by atoms with Gasteiger partial charge in [0.15, 0.2) is 0 Å². The summed E-state index contributed by atoms with van der Waals surface area (Å²) in [6.45, 7) is 7.00. The predicted molar refractivity (Wildman–Crippen MR) is 70.2 cm³/mol. The molecule has 1 unspecified atom stereocenters. The minimum absolute atomic E-state index is 0.0274. The van der Waals surface area contributed by atoms with Crippen LogP contribution in [0.15, 0.2) is 41.8 Å². The van der Waals surface area contributed by atoms with Crippen LogP contribution in [0, 0.1) is 6.92 Å². The van der Waals surface area contributed by atoms with Gasteiger partial charge >= 0.3 is 6.09 Å². The standard InChI is InChI=1S/C13H15NO4S/c1-4-13(3)9-18-12(15)14(13)19(16,17)11-7-5-10(2)6-8-11/h4-8H,1,9H2,2-3H3. The van der Waals surface area contributed by atoms with Crippen molar-refractivity contribution in [1.82, 2.24) is 4.31 Å². The van der Waals surface area contributed by atoms with E-state index < -0.39 is 21.7 Å². The second kappa shape index (κ2) is 4.38. The fourth-order valence-corrected chi connectivity index (χ4v) is 3.48. The Morgan fingerprint density at radius 2 is 1.95 bits per heavy atom. The molecule has 6 heteroatoms. The quantitative estimate of drug-likeness (QED) is 0.796. The van der Waals surface area contributed by atoms with Crippen molar-refractivity contribution < 1.29 is 17.9 Å². The number of benzene rings is 1. The number of aryl methyl sites for hydroxylation is 1. The molecule has 0 aliphatic carbocycles. The third-order valence-electron chi connectivity index (χ3n) is 3.12. The van der Waals surface area contributed by atoms with Gasteiger partial charge in [0.1, 0.15) is 12.1 Å². The summed E-state index contributed by atoms with van der Waals surface area (Å²) in [4.78, 5) is 11.8. The highest BCUT2D eigenvalue weighted by molar-refractivity contribution is 7.89. The van der Waals surface area contributed by atoms with E-state index in [0.29, 0.717) is 0 Å². The van der Waals surface area contributed by atoms with Crippen LogP contribution in [0.4, 0.5) is 4.79 Å². The van der Waals surface area contributed by atoms with Crippen molar-refractivity contribution in [3.05, 3.63) is 42.5 Å². The summed E-state index contributed by atoms with van der Waals surface area (Å²) < 4.78 is 30.6. The first-order chi connectivity index (χ1) is 8.81. The maximum absolute atomic E-state index is 12.5. The molecule has 0 aromatic heterocycles. The second-order valence-electron chi connectivity index (χ2n) is 4.70. The maximum Gasteiger partial charge on any atom is 0.424 e. The van der Waals surface area contributed by atoms with E-state index in [4.69, 9.17) is 4.74 Å². The first-order valence-electron chi connectivity index (χ1n) is 5.74. The summed E-state index contributed by atoms with van der Waals surface area (Å²) >= 11 is 0. The average Bonchev–Trinajstić information content (AvgIpc) is 2.67. The highest BCUT2D eigenvalue weighted by Crippen LogP contribution is 2.31. The van der Waals surface area contributed by atoms with Crippen molar-refractivity contribution in [1.29, 1.82) is 0 Å². The maximum atomic E-state index is 12.5. The fraction of sp³-hybridized carbons (Fsp3) is 0.308. The molecule has 0 saturated carbocycles. The van der Waals surface area contributed by atoms with Gasteiger partial charge in [0.2, 0.25) is 0 Å². The van der Waals surface area contributed by atoms with Crippen LogP contribution in [0.2, 0.25) is 0 Å². The number of carbonyl (C=O) groups excluding carboxylic acids is 1. The predicted octanol–water partition coefficient (Wildman–Crippen LogP) is 2.08. The summed E-state index contributed by atoms with van der Waals surface area (Å²) in [5, 5.41) is 0. The molecule has 1 aliphatic rings. The van der Waals surface area contributed by atoms with E-state index in [0.717, 1.165) is 9.87 Å². The molecule has 5 nitrogen and oxygen atoms in total. The lowest BCUT2D eigenvalue weighted by molar-refractivity contribution is 0.169. The number of ether oxygens (including phenoxy) is 1. The van der Waals surface area contributed by atoms with E-state index in [-0.39, 0.29) is 11.5 Å². The van der Waals surface area contributed by atoms with Crippen molar-refractivity contribution >= 4 is 16.1 Å². The summed E-state index contributed by atoms with van der Waals surface area (Å²) in [6.07, 6.45) is 0.534. The Hall–Kier alpha value is -1.82. The number of nitrogens with zero attached hydrogens (tertiary/aromatic N) is 1. The minimum atomic E-state index is -3.94. The molecule has 102 valence electrons. The Morgan fingerprint density at radius 3 is 2.47 bits per heavy atom. The van der Waals surface area contributed by atoms with Crippen LogP contribution in [0.5, 0.6) is 0 Å². The molecule has 1 atom stereocenters. The lowest BCUT2D eigenvalue weighted by Crippen LogP contribution is -2.46. The molecule has 1 heterocycles. The van der Waals surface area contributed by atoms with Crippen molar-refractivity contribution in [2.45, 2.75) is 24.3 Å². The molecule has 1 amide bonds. The largest absolute Gasteiger partial charge is 0.446 e. The van der Waals surface area contributed by atoms with E-state index >= 15 is 0 Å². The monoisotopic (exact) mass is 281 g/mol. The van der Waals surface area contributed by atoms with Gasteiger partial charge in [0.25, 0.3) is 10.0 Å². The molecule has 0 spiro atoms. The molecule has 1 aromatic rings. The van der Waals surface area contributed by atoms with Crippen LogP contribution in [0.3, 0.4) is 0 Å². The number of hydrogen-bond donors (Lipinski definition) is 0. The minimum Gasteiger partial charge on any atom is -0.446 e. The van der Waals surface area contributed by atoms with Gasteiger partial charge < -0.3 is 4.74 Å². The molecule has 1 fully saturated rings. The molecular weight excluding hydrogens is 266 g/mol. The highest BCUT2D eigenvalue weighted by Gasteiger charge is 2.49. The Balaban J connectivity index is 2.52. The van der Waals surface area contributed by atoms with E-state index in [1.165, 1.54) is 18.2 Å². The molecule has 2 rings (SSSR count). The molecule has 1 aliphatic heterocycles. The van der Waals surface area contributed by atoms with E-state index in [9.17, 15) is 13.2 Å². The number of hydrogen-bond acceptors (Lipinski definition) is 4. The smallest absolute Gasteiger partial charge is 0.424 e. The Labute approximate surface area is 112 Å².